The summed E-state index contributed by atoms with van der Waals surface area (Å²) in [6.07, 6.45) is 1.84. The Morgan fingerprint density at radius 1 is 1.35 bits per heavy atom. The number of hydrogen-bond donors (Lipinski definition) is 1. The lowest BCUT2D eigenvalue weighted by molar-refractivity contribution is 0.199. The Balaban J connectivity index is 2.09. The molecule has 1 aromatic heterocycles. The van der Waals surface area contributed by atoms with Crippen LogP contribution in [0.5, 0.6) is 0 Å². The van der Waals surface area contributed by atoms with Crippen LogP contribution < -0.4 is 5.32 Å². The molecule has 1 N–H and O–H groups in total. The monoisotopic (exact) mass is 293 g/mol. The van der Waals surface area contributed by atoms with Gasteiger partial charge in [0.15, 0.2) is 0 Å². The van der Waals surface area contributed by atoms with E-state index in [2.05, 4.69) is 35.5 Å². The molecule has 108 valence electrons. The number of hydrogen-bond acceptors (Lipinski definition) is 3. The third-order valence-corrected chi connectivity index (χ3v) is 3.60. The molecule has 0 saturated heterocycles. The van der Waals surface area contributed by atoms with E-state index in [9.17, 15) is 0 Å². The zero-order chi connectivity index (χ0) is 14.5. The summed E-state index contributed by atoms with van der Waals surface area (Å²) in [7, 11) is 1.71. The van der Waals surface area contributed by atoms with Crippen molar-refractivity contribution in [2.24, 2.45) is 0 Å². The molecule has 1 heterocycles. The molecule has 5 heteroatoms. The molecule has 0 aliphatic carbocycles. The van der Waals surface area contributed by atoms with E-state index in [1.165, 1.54) is 11.1 Å². The first-order valence-corrected chi connectivity index (χ1v) is 7.01. The minimum absolute atomic E-state index is 0.688. The van der Waals surface area contributed by atoms with Gasteiger partial charge in [-0.15, -0.1) is 0 Å². The van der Waals surface area contributed by atoms with Gasteiger partial charge >= 0.3 is 0 Å². The van der Waals surface area contributed by atoms with E-state index in [4.69, 9.17) is 16.3 Å². The Morgan fingerprint density at radius 3 is 2.75 bits per heavy atom. The van der Waals surface area contributed by atoms with E-state index in [0.717, 1.165) is 31.1 Å². The highest BCUT2D eigenvalue weighted by Gasteiger charge is 2.06. The van der Waals surface area contributed by atoms with E-state index in [1.54, 1.807) is 7.11 Å². The average molecular weight is 294 g/mol. The average Bonchev–Trinajstić information content (AvgIpc) is 2.76. The highest BCUT2D eigenvalue weighted by atomic mass is 35.5. The van der Waals surface area contributed by atoms with Crippen LogP contribution in [-0.2, 0) is 11.3 Å². The maximum atomic E-state index is 6.04. The topological polar surface area (TPSA) is 39.1 Å². The maximum Gasteiger partial charge on any atom is 0.0819 e. The molecule has 0 spiro atoms. The van der Waals surface area contributed by atoms with Crippen molar-refractivity contribution in [2.45, 2.75) is 20.4 Å². The molecule has 20 heavy (non-hydrogen) atoms. The molecule has 0 aliphatic heterocycles. The van der Waals surface area contributed by atoms with Gasteiger partial charge in [-0.3, -0.25) is 0 Å². The number of aryl methyl sites for hydroxylation is 2. The van der Waals surface area contributed by atoms with Gasteiger partial charge in [0.1, 0.15) is 0 Å². The second-order valence-corrected chi connectivity index (χ2v) is 5.19. The van der Waals surface area contributed by atoms with Crippen molar-refractivity contribution in [3.8, 4) is 5.69 Å². The normalized spacial score (nSPS) is 11.0. The maximum absolute atomic E-state index is 6.04. The van der Waals surface area contributed by atoms with Gasteiger partial charge in [-0.1, -0.05) is 17.7 Å². The van der Waals surface area contributed by atoms with Crippen LogP contribution in [0.4, 0.5) is 0 Å². The van der Waals surface area contributed by atoms with Crippen LogP contribution in [0, 0.1) is 13.8 Å². The van der Waals surface area contributed by atoms with Gasteiger partial charge < -0.3 is 10.1 Å². The number of methoxy groups -OCH3 is 1. The molecule has 2 aromatic rings. The van der Waals surface area contributed by atoms with Crippen LogP contribution in [0.15, 0.2) is 24.4 Å². The van der Waals surface area contributed by atoms with Crippen molar-refractivity contribution in [3.63, 3.8) is 0 Å². The van der Waals surface area contributed by atoms with Crippen molar-refractivity contribution in [3.05, 3.63) is 46.2 Å². The Labute approximate surface area is 124 Å². The number of rotatable bonds is 6. The summed E-state index contributed by atoms with van der Waals surface area (Å²) < 4.78 is 6.83. The van der Waals surface area contributed by atoms with E-state index >= 15 is 0 Å². The Hall–Kier alpha value is -1.36. The number of halogens is 1. The smallest absolute Gasteiger partial charge is 0.0819 e. The molecular formula is C15H20ClN3O. The molecule has 0 bridgehead atoms. The Bertz CT molecular complexity index is 561. The van der Waals surface area contributed by atoms with Crippen molar-refractivity contribution in [1.82, 2.24) is 15.1 Å². The van der Waals surface area contributed by atoms with Crippen molar-refractivity contribution in [2.75, 3.05) is 20.3 Å². The highest BCUT2D eigenvalue weighted by Crippen LogP contribution is 2.18. The lowest BCUT2D eigenvalue weighted by Crippen LogP contribution is -2.19. The van der Waals surface area contributed by atoms with Gasteiger partial charge in [0.2, 0.25) is 0 Å². The number of nitrogens with one attached hydrogen (secondary N) is 1. The summed E-state index contributed by atoms with van der Waals surface area (Å²) in [5, 5.41) is 8.43. The molecule has 0 unspecified atom stereocenters. The Morgan fingerprint density at radius 2 is 2.15 bits per heavy atom. The quantitative estimate of drug-likeness (QED) is 0.833. The summed E-state index contributed by atoms with van der Waals surface area (Å²) in [6, 6.07) is 6.30. The van der Waals surface area contributed by atoms with Crippen LogP contribution >= 0.6 is 11.6 Å². The minimum Gasteiger partial charge on any atom is -0.383 e. The summed E-state index contributed by atoms with van der Waals surface area (Å²) in [5.74, 6) is 0. The van der Waals surface area contributed by atoms with Gasteiger partial charge in [0.05, 0.1) is 23.0 Å². The van der Waals surface area contributed by atoms with Crippen LogP contribution in [0.1, 0.15) is 16.8 Å². The van der Waals surface area contributed by atoms with E-state index in [-0.39, 0.29) is 0 Å². The molecule has 0 saturated carbocycles. The molecule has 0 atom stereocenters. The molecule has 1 aromatic carbocycles. The van der Waals surface area contributed by atoms with Gasteiger partial charge in [-0.05, 0) is 37.1 Å². The van der Waals surface area contributed by atoms with Crippen LogP contribution in [-0.4, -0.2) is 30.0 Å². The van der Waals surface area contributed by atoms with Gasteiger partial charge in [0, 0.05) is 26.4 Å². The second-order valence-electron chi connectivity index (χ2n) is 4.79. The highest BCUT2D eigenvalue weighted by molar-refractivity contribution is 6.31. The van der Waals surface area contributed by atoms with E-state index < -0.39 is 0 Å². The lowest BCUT2D eigenvalue weighted by Gasteiger charge is -2.10. The fourth-order valence-corrected chi connectivity index (χ4v) is 2.12. The zero-order valence-corrected chi connectivity index (χ0v) is 12.9. The first kappa shape index (κ1) is 15.0. The summed E-state index contributed by atoms with van der Waals surface area (Å²) in [4.78, 5) is 0. The number of benzene rings is 1. The predicted molar refractivity (Wildman–Crippen MR) is 81.6 cm³/mol. The van der Waals surface area contributed by atoms with Crippen molar-refractivity contribution < 1.29 is 4.74 Å². The molecule has 2 rings (SSSR count). The first-order chi connectivity index (χ1) is 9.61. The van der Waals surface area contributed by atoms with E-state index in [0.29, 0.717) is 5.02 Å². The van der Waals surface area contributed by atoms with Crippen molar-refractivity contribution in [1.29, 1.82) is 0 Å². The molecule has 4 nitrogen and oxygen atoms in total. The fraction of sp³-hybridized carbons (Fsp3) is 0.400. The van der Waals surface area contributed by atoms with Gasteiger partial charge in [-0.2, -0.15) is 5.10 Å². The number of nitrogens with zero attached hydrogens (tertiary/aromatic N) is 2. The largest absolute Gasteiger partial charge is 0.383 e. The fourth-order valence-electron chi connectivity index (χ4n) is 1.99. The van der Waals surface area contributed by atoms with Crippen LogP contribution in [0.3, 0.4) is 0 Å². The summed E-state index contributed by atoms with van der Waals surface area (Å²) >= 11 is 6.04. The summed E-state index contributed by atoms with van der Waals surface area (Å²) in [5.41, 5.74) is 4.38. The van der Waals surface area contributed by atoms with Gasteiger partial charge in [0.25, 0.3) is 0 Å². The van der Waals surface area contributed by atoms with Gasteiger partial charge in [-0.25, -0.2) is 4.68 Å². The van der Waals surface area contributed by atoms with Crippen LogP contribution in [0.2, 0.25) is 5.02 Å². The molecule has 0 radical (unpaired) electrons. The first-order valence-electron chi connectivity index (χ1n) is 6.63. The number of aromatic nitrogens is 2. The molecule has 0 fully saturated rings. The molecule has 0 aliphatic rings. The van der Waals surface area contributed by atoms with E-state index in [1.807, 2.05) is 17.8 Å². The second kappa shape index (κ2) is 6.88. The predicted octanol–water partition coefficient (Wildman–Crippen LogP) is 2.88. The Kier molecular flexibility index (Phi) is 5.17. The molecule has 0 amide bonds. The number of ether oxygens (including phenoxy) is 1. The third kappa shape index (κ3) is 3.60. The van der Waals surface area contributed by atoms with Crippen LogP contribution in [0.25, 0.3) is 5.69 Å². The SMILES string of the molecule is COCCNCc1ccc(-n2cc(Cl)c(C)n2)cc1C. The molecular weight excluding hydrogens is 274 g/mol. The standard InChI is InChI=1S/C15H20ClN3O/c1-11-8-14(19-10-15(16)12(2)18-19)5-4-13(11)9-17-6-7-20-3/h4-5,8,10,17H,6-7,9H2,1-3H3. The zero-order valence-electron chi connectivity index (χ0n) is 12.1. The van der Waals surface area contributed by atoms with Crippen molar-refractivity contribution >= 4 is 11.6 Å². The lowest BCUT2D eigenvalue weighted by atomic mass is 10.1. The third-order valence-electron chi connectivity index (χ3n) is 3.23. The minimum atomic E-state index is 0.688. The summed E-state index contributed by atoms with van der Waals surface area (Å²) in [6.45, 7) is 6.43.